The Morgan fingerprint density at radius 3 is 2.56 bits per heavy atom. The second kappa shape index (κ2) is 6.92. The number of amides is 2. The van der Waals surface area contributed by atoms with E-state index in [-0.39, 0.29) is 12.1 Å². The number of aromatic nitrogens is 1. The van der Waals surface area contributed by atoms with E-state index < -0.39 is 0 Å². The summed E-state index contributed by atoms with van der Waals surface area (Å²) in [6.45, 7) is 2.86. The van der Waals surface area contributed by atoms with Crippen LogP contribution < -0.4 is 10.2 Å². The van der Waals surface area contributed by atoms with Gasteiger partial charge >= 0.3 is 6.03 Å². The minimum absolute atomic E-state index is 0.0372. The van der Waals surface area contributed by atoms with E-state index in [1.165, 1.54) is 5.56 Å². The van der Waals surface area contributed by atoms with Crippen LogP contribution in [0.25, 0.3) is 0 Å². The van der Waals surface area contributed by atoms with Gasteiger partial charge in [-0.2, -0.15) is 0 Å². The van der Waals surface area contributed by atoms with E-state index in [0.29, 0.717) is 24.0 Å². The maximum atomic E-state index is 12.5. The molecule has 2 heterocycles. The molecular formula is C19H21ClN4O. The third kappa shape index (κ3) is 3.56. The van der Waals surface area contributed by atoms with Crippen LogP contribution in [0.2, 0.25) is 5.02 Å². The number of anilines is 1. The van der Waals surface area contributed by atoms with Crippen LogP contribution in [0.3, 0.4) is 0 Å². The lowest BCUT2D eigenvalue weighted by molar-refractivity contribution is 0.193. The van der Waals surface area contributed by atoms with Gasteiger partial charge in [0, 0.05) is 44.3 Å². The minimum atomic E-state index is 0.0372. The number of benzene rings is 1. The number of rotatable bonds is 3. The second-order valence-corrected chi connectivity index (χ2v) is 7.00. The van der Waals surface area contributed by atoms with Crippen LogP contribution in [-0.2, 0) is 0 Å². The highest BCUT2D eigenvalue weighted by molar-refractivity contribution is 6.32. The molecule has 1 aromatic carbocycles. The summed E-state index contributed by atoms with van der Waals surface area (Å²) in [5.74, 6) is 1.26. The Balaban J connectivity index is 1.28. The topological polar surface area (TPSA) is 48.5 Å². The molecule has 2 fully saturated rings. The van der Waals surface area contributed by atoms with E-state index in [9.17, 15) is 4.79 Å². The molecule has 1 aliphatic carbocycles. The summed E-state index contributed by atoms with van der Waals surface area (Å²) in [5, 5.41) is 3.82. The van der Waals surface area contributed by atoms with Crippen molar-refractivity contribution in [2.45, 2.75) is 18.4 Å². The number of hydrogen-bond donors (Lipinski definition) is 1. The summed E-state index contributed by atoms with van der Waals surface area (Å²) in [7, 11) is 0. The van der Waals surface area contributed by atoms with Gasteiger partial charge in [-0.3, -0.25) is 0 Å². The van der Waals surface area contributed by atoms with Gasteiger partial charge in [-0.15, -0.1) is 0 Å². The summed E-state index contributed by atoms with van der Waals surface area (Å²) in [6, 6.07) is 14.4. The third-order valence-electron chi connectivity index (χ3n) is 4.93. The maximum Gasteiger partial charge on any atom is 0.317 e. The predicted octanol–water partition coefficient (Wildman–Crippen LogP) is 3.12. The van der Waals surface area contributed by atoms with E-state index in [0.717, 1.165) is 25.3 Å². The standard InChI is InChI=1S/C19H21ClN4O/c20-16-7-4-8-21-18(16)23-9-11-24(12-10-23)19(25)22-17-13-15(17)14-5-2-1-3-6-14/h1-8,15,17H,9-13H2,(H,22,25). The fraction of sp³-hybridized carbons (Fsp3) is 0.368. The molecule has 2 unspecified atom stereocenters. The summed E-state index contributed by atoms with van der Waals surface area (Å²) >= 11 is 6.21. The molecule has 2 aromatic rings. The zero-order chi connectivity index (χ0) is 17.2. The Morgan fingerprint density at radius 2 is 1.84 bits per heavy atom. The van der Waals surface area contributed by atoms with E-state index >= 15 is 0 Å². The van der Waals surface area contributed by atoms with Crippen molar-refractivity contribution in [3.8, 4) is 0 Å². The van der Waals surface area contributed by atoms with Crippen molar-refractivity contribution in [1.82, 2.24) is 15.2 Å². The Morgan fingerprint density at radius 1 is 1.08 bits per heavy atom. The molecule has 1 aromatic heterocycles. The van der Waals surface area contributed by atoms with E-state index in [1.54, 1.807) is 6.20 Å². The van der Waals surface area contributed by atoms with Gasteiger partial charge in [-0.1, -0.05) is 41.9 Å². The molecular weight excluding hydrogens is 336 g/mol. The van der Waals surface area contributed by atoms with Crippen molar-refractivity contribution in [3.63, 3.8) is 0 Å². The quantitative estimate of drug-likeness (QED) is 0.919. The van der Waals surface area contributed by atoms with Crippen LogP contribution in [0.5, 0.6) is 0 Å². The first-order valence-electron chi connectivity index (χ1n) is 8.68. The normalized spacial score (nSPS) is 22.6. The highest BCUT2D eigenvalue weighted by atomic mass is 35.5. The van der Waals surface area contributed by atoms with Gasteiger partial charge < -0.3 is 15.1 Å². The first-order valence-corrected chi connectivity index (χ1v) is 9.06. The molecule has 0 radical (unpaired) electrons. The Kier molecular flexibility index (Phi) is 4.49. The minimum Gasteiger partial charge on any atom is -0.352 e. The number of carbonyl (C=O) groups excluding carboxylic acids is 1. The highest BCUT2D eigenvalue weighted by Crippen LogP contribution is 2.40. The molecule has 4 rings (SSSR count). The molecule has 1 aliphatic heterocycles. The number of piperazine rings is 1. The fourth-order valence-electron chi connectivity index (χ4n) is 3.40. The molecule has 25 heavy (non-hydrogen) atoms. The lowest BCUT2D eigenvalue weighted by Crippen LogP contribution is -2.52. The van der Waals surface area contributed by atoms with Gasteiger partial charge in [0.2, 0.25) is 0 Å². The number of pyridine rings is 1. The third-order valence-corrected chi connectivity index (χ3v) is 5.23. The monoisotopic (exact) mass is 356 g/mol. The SMILES string of the molecule is O=C(NC1CC1c1ccccc1)N1CCN(c2ncccc2Cl)CC1. The van der Waals surface area contributed by atoms with Gasteiger partial charge in [-0.05, 0) is 24.1 Å². The summed E-state index contributed by atoms with van der Waals surface area (Å²) in [5.41, 5.74) is 1.31. The van der Waals surface area contributed by atoms with Gasteiger partial charge in [0.15, 0.2) is 0 Å². The van der Waals surface area contributed by atoms with Crippen LogP contribution in [0, 0.1) is 0 Å². The average molecular weight is 357 g/mol. The maximum absolute atomic E-state index is 12.5. The van der Waals surface area contributed by atoms with E-state index in [4.69, 9.17) is 11.6 Å². The molecule has 0 bridgehead atoms. The molecule has 130 valence electrons. The van der Waals surface area contributed by atoms with E-state index in [1.807, 2.05) is 23.1 Å². The fourth-order valence-corrected chi connectivity index (χ4v) is 3.65. The molecule has 1 saturated heterocycles. The van der Waals surface area contributed by atoms with Gasteiger partial charge in [0.25, 0.3) is 0 Å². The van der Waals surface area contributed by atoms with Gasteiger partial charge in [0.05, 0.1) is 5.02 Å². The lowest BCUT2D eigenvalue weighted by Gasteiger charge is -2.35. The zero-order valence-corrected chi connectivity index (χ0v) is 14.7. The van der Waals surface area contributed by atoms with Crippen molar-refractivity contribution in [3.05, 3.63) is 59.2 Å². The van der Waals surface area contributed by atoms with Crippen molar-refractivity contribution < 1.29 is 4.79 Å². The number of nitrogens with one attached hydrogen (secondary N) is 1. The van der Waals surface area contributed by atoms with Crippen molar-refractivity contribution in [1.29, 1.82) is 0 Å². The van der Waals surface area contributed by atoms with Crippen molar-refractivity contribution >= 4 is 23.4 Å². The smallest absolute Gasteiger partial charge is 0.317 e. The molecule has 2 amide bonds. The van der Waals surface area contributed by atoms with Crippen LogP contribution in [0.15, 0.2) is 48.7 Å². The summed E-state index contributed by atoms with van der Waals surface area (Å²) in [4.78, 5) is 20.9. The van der Waals surface area contributed by atoms with Crippen LogP contribution >= 0.6 is 11.6 Å². The Hall–Kier alpha value is -2.27. The highest BCUT2D eigenvalue weighted by Gasteiger charge is 2.40. The predicted molar refractivity (Wildman–Crippen MR) is 99.2 cm³/mol. The molecule has 2 aliphatic rings. The van der Waals surface area contributed by atoms with Crippen LogP contribution in [0.1, 0.15) is 17.9 Å². The summed E-state index contributed by atoms with van der Waals surface area (Å²) in [6.07, 6.45) is 2.77. The molecule has 1 saturated carbocycles. The van der Waals surface area contributed by atoms with Crippen molar-refractivity contribution in [2.75, 3.05) is 31.1 Å². The van der Waals surface area contributed by atoms with Crippen LogP contribution in [-0.4, -0.2) is 48.1 Å². The number of hydrogen-bond acceptors (Lipinski definition) is 3. The van der Waals surface area contributed by atoms with Gasteiger partial charge in [0.1, 0.15) is 5.82 Å². The lowest BCUT2D eigenvalue weighted by atomic mass is 10.1. The molecule has 5 nitrogen and oxygen atoms in total. The second-order valence-electron chi connectivity index (χ2n) is 6.59. The number of nitrogens with zero attached hydrogens (tertiary/aromatic N) is 3. The van der Waals surface area contributed by atoms with Crippen molar-refractivity contribution in [2.24, 2.45) is 0 Å². The van der Waals surface area contributed by atoms with E-state index in [2.05, 4.69) is 39.5 Å². The largest absolute Gasteiger partial charge is 0.352 e. The molecule has 1 N–H and O–H groups in total. The summed E-state index contributed by atoms with van der Waals surface area (Å²) < 4.78 is 0. The molecule has 0 spiro atoms. The van der Waals surface area contributed by atoms with Crippen LogP contribution in [0.4, 0.5) is 10.6 Å². The number of halogens is 1. The first kappa shape index (κ1) is 16.2. The zero-order valence-electron chi connectivity index (χ0n) is 13.9. The molecule has 6 heteroatoms. The number of urea groups is 1. The first-order chi connectivity index (χ1) is 12.2. The Labute approximate surface area is 152 Å². The molecule has 2 atom stereocenters. The Bertz CT molecular complexity index is 746. The number of carbonyl (C=O) groups is 1. The van der Waals surface area contributed by atoms with Gasteiger partial charge in [-0.25, -0.2) is 9.78 Å². The average Bonchev–Trinajstić information content (AvgIpc) is 3.42.